The van der Waals surface area contributed by atoms with Crippen LogP contribution >= 0.6 is 0 Å². The summed E-state index contributed by atoms with van der Waals surface area (Å²) >= 11 is 0. The predicted octanol–water partition coefficient (Wildman–Crippen LogP) is 3.21. The van der Waals surface area contributed by atoms with Crippen molar-refractivity contribution in [3.8, 4) is 5.75 Å². The summed E-state index contributed by atoms with van der Waals surface area (Å²) in [5.41, 5.74) is -0.0790. The van der Waals surface area contributed by atoms with Crippen molar-refractivity contribution in [2.45, 2.75) is 45.1 Å². The summed E-state index contributed by atoms with van der Waals surface area (Å²) in [5, 5.41) is 0. The summed E-state index contributed by atoms with van der Waals surface area (Å²) in [6.07, 6.45) is 3.13. The van der Waals surface area contributed by atoms with E-state index in [0.29, 0.717) is 5.56 Å². The summed E-state index contributed by atoms with van der Waals surface area (Å²) in [6.45, 7) is 5.92. The van der Waals surface area contributed by atoms with Crippen molar-refractivity contribution in [3.63, 3.8) is 0 Å². The smallest absolute Gasteiger partial charge is 0.168 e. The monoisotopic (exact) mass is 293 g/mol. The van der Waals surface area contributed by atoms with Gasteiger partial charge in [-0.25, -0.2) is 4.39 Å². The molecule has 2 rings (SSSR count). The lowest BCUT2D eigenvalue weighted by molar-refractivity contribution is -0.129. The van der Waals surface area contributed by atoms with Gasteiger partial charge >= 0.3 is 0 Å². The summed E-state index contributed by atoms with van der Waals surface area (Å²) < 4.78 is 19.2. The van der Waals surface area contributed by atoms with Gasteiger partial charge in [0, 0.05) is 6.42 Å². The molecule has 1 unspecified atom stereocenters. The van der Waals surface area contributed by atoms with Crippen LogP contribution in [0.25, 0.3) is 0 Å². The van der Waals surface area contributed by atoms with Crippen LogP contribution in [0.4, 0.5) is 4.39 Å². The van der Waals surface area contributed by atoms with Gasteiger partial charge in [0.25, 0.3) is 0 Å². The first-order chi connectivity index (χ1) is 10.0. The molecule has 1 aliphatic heterocycles. The number of nitrogens with zero attached hydrogens (tertiary/aromatic N) is 1. The van der Waals surface area contributed by atoms with Crippen molar-refractivity contribution in [1.82, 2.24) is 4.90 Å². The van der Waals surface area contributed by atoms with E-state index >= 15 is 0 Å². The van der Waals surface area contributed by atoms with Crippen LogP contribution in [-0.4, -0.2) is 36.4 Å². The summed E-state index contributed by atoms with van der Waals surface area (Å²) in [7, 11) is 1.43. The molecular formula is C17H24FNO2. The number of rotatable bonds is 6. The number of ether oxygens (including phenoxy) is 1. The van der Waals surface area contributed by atoms with E-state index in [-0.39, 0.29) is 18.0 Å². The van der Waals surface area contributed by atoms with Crippen LogP contribution in [0.2, 0.25) is 0 Å². The average molecular weight is 293 g/mol. The van der Waals surface area contributed by atoms with Gasteiger partial charge in [0.2, 0.25) is 0 Å². The lowest BCUT2D eigenvalue weighted by Gasteiger charge is -2.36. The Balaban J connectivity index is 2.20. The van der Waals surface area contributed by atoms with Gasteiger partial charge in [-0.3, -0.25) is 9.69 Å². The molecule has 1 fully saturated rings. The van der Waals surface area contributed by atoms with E-state index in [2.05, 4.69) is 4.90 Å². The van der Waals surface area contributed by atoms with Crippen molar-refractivity contribution in [2.24, 2.45) is 0 Å². The zero-order valence-electron chi connectivity index (χ0n) is 13.1. The molecule has 1 aromatic rings. The number of likely N-dealkylation sites (tertiary alicyclic amines) is 1. The minimum atomic E-state index is -0.494. The molecule has 116 valence electrons. The first-order valence-electron chi connectivity index (χ1n) is 7.62. The van der Waals surface area contributed by atoms with Gasteiger partial charge in [-0.05, 0) is 50.9 Å². The molecular weight excluding hydrogens is 269 g/mol. The maximum absolute atomic E-state index is 14.2. The van der Waals surface area contributed by atoms with Crippen LogP contribution in [0.1, 0.15) is 38.7 Å². The number of halogens is 1. The van der Waals surface area contributed by atoms with Gasteiger partial charge < -0.3 is 4.74 Å². The van der Waals surface area contributed by atoms with Gasteiger partial charge in [-0.1, -0.05) is 19.1 Å². The van der Waals surface area contributed by atoms with Gasteiger partial charge in [0.1, 0.15) is 0 Å². The van der Waals surface area contributed by atoms with E-state index in [1.165, 1.54) is 7.11 Å². The van der Waals surface area contributed by atoms with E-state index in [9.17, 15) is 9.18 Å². The van der Waals surface area contributed by atoms with Crippen molar-refractivity contribution >= 4 is 5.78 Å². The van der Waals surface area contributed by atoms with Crippen molar-refractivity contribution in [1.29, 1.82) is 0 Å². The fourth-order valence-electron chi connectivity index (χ4n) is 3.02. The molecule has 0 aromatic heterocycles. The number of methoxy groups -OCH3 is 1. The maximum Gasteiger partial charge on any atom is 0.168 e. The van der Waals surface area contributed by atoms with Gasteiger partial charge in [-0.15, -0.1) is 0 Å². The van der Waals surface area contributed by atoms with Crippen LogP contribution in [-0.2, 0) is 11.2 Å². The molecule has 1 heterocycles. The third kappa shape index (κ3) is 3.10. The quantitative estimate of drug-likeness (QED) is 0.806. The molecule has 1 aliphatic rings. The second-order valence-corrected chi connectivity index (χ2v) is 5.85. The number of hydrogen-bond acceptors (Lipinski definition) is 3. The summed E-state index contributed by atoms with van der Waals surface area (Å²) in [5.74, 6) is -0.146. The minimum absolute atomic E-state index is 0.0825. The van der Waals surface area contributed by atoms with Gasteiger partial charge in [0.05, 0.1) is 12.6 Å². The third-order valence-electron chi connectivity index (χ3n) is 4.71. The minimum Gasteiger partial charge on any atom is -0.494 e. The topological polar surface area (TPSA) is 29.5 Å². The number of Topliss-reactive ketones (excluding diaryl/α,β-unsaturated/α-hetero) is 1. The van der Waals surface area contributed by atoms with Crippen molar-refractivity contribution in [2.75, 3.05) is 20.2 Å². The van der Waals surface area contributed by atoms with Crippen molar-refractivity contribution < 1.29 is 13.9 Å². The fraction of sp³-hybridized carbons (Fsp3) is 0.588. The van der Waals surface area contributed by atoms with Crippen LogP contribution in [0.5, 0.6) is 5.75 Å². The molecule has 0 N–H and O–H groups in total. The second kappa shape index (κ2) is 6.56. The third-order valence-corrected chi connectivity index (χ3v) is 4.71. The van der Waals surface area contributed by atoms with E-state index in [1.54, 1.807) is 18.2 Å². The van der Waals surface area contributed by atoms with E-state index in [1.807, 2.05) is 13.8 Å². The molecule has 4 heteroatoms. The SMILES string of the molecule is CCC(C)(C(=O)Cc1cccc(OC)c1F)N1CCCC1. The van der Waals surface area contributed by atoms with Crippen LogP contribution in [0.3, 0.4) is 0 Å². The highest BCUT2D eigenvalue weighted by Crippen LogP contribution is 2.28. The van der Waals surface area contributed by atoms with Crippen LogP contribution in [0, 0.1) is 5.82 Å². The maximum atomic E-state index is 14.2. The number of hydrogen-bond donors (Lipinski definition) is 0. The number of carbonyl (C=O) groups excluding carboxylic acids is 1. The number of ketones is 1. The zero-order chi connectivity index (χ0) is 15.5. The lowest BCUT2D eigenvalue weighted by atomic mass is 9.87. The highest BCUT2D eigenvalue weighted by Gasteiger charge is 2.38. The van der Waals surface area contributed by atoms with Gasteiger partial charge in [0.15, 0.2) is 17.3 Å². The Kier molecular flexibility index (Phi) is 4.99. The standard InChI is InChI=1S/C17H24FNO2/c1-4-17(2,19-10-5-6-11-19)15(20)12-13-8-7-9-14(21-3)16(13)18/h7-9H,4-6,10-12H2,1-3H3. The first kappa shape index (κ1) is 16.0. The van der Waals surface area contributed by atoms with Crippen LogP contribution in [0.15, 0.2) is 18.2 Å². The molecule has 1 saturated heterocycles. The largest absolute Gasteiger partial charge is 0.494 e. The molecule has 0 spiro atoms. The molecule has 3 nitrogen and oxygen atoms in total. The molecule has 1 aromatic carbocycles. The van der Waals surface area contributed by atoms with E-state index in [4.69, 9.17) is 4.74 Å². The molecule has 0 saturated carbocycles. The average Bonchev–Trinajstić information content (AvgIpc) is 3.03. The highest BCUT2D eigenvalue weighted by molar-refractivity contribution is 5.90. The molecule has 0 aliphatic carbocycles. The summed E-state index contributed by atoms with van der Waals surface area (Å²) in [6, 6.07) is 4.96. The Labute approximate surface area is 126 Å². The Hall–Kier alpha value is -1.42. The molecule has 1 atom stereocenters. The highest BCUT2D eigenvalue weighted by atomic mass is 19.1. The Morgan fingerprint density at radius 1 is 1.38 bits per heavy atom. The first-order valence-corrected chi connectivity index (χ1v) is 7.62. The number of carbonyl (C=O) groups is 1. The molecule has 0 amide bonds. The second-order valence-electron chi connectivity index (χ2n) is 5.85. The van der Waals surface area contributed by atoms with Crippen molar-refractivity contribution in [3.05, 3.63) is 29.6 Å². The fourth-order valence-corrected chi connectivity index (χ4v) is 3.02. The Morgan fingerprint density at radius 2 is 2.05 bits per heavy atom. The van der Waals surface area contributed by atoms with E-state index in [0.717, 1.165) is 32.4 Å². The van der Waals surface area contributed by atoms with Gasteiger partial charge in [-0.2, -0.15) is 0 Å². The molecule has 0 radical (unpaired) electrons. The normalized spacial score (nSPS) is 18.5. The summed E-state index contributed by atoms with van der Waals surface area (Å²) in [4.78, 5) is 15.0. The Morgan fingerprint density at radius 3 is 2.62 bits per heavy atom. The number of benzene rings is 1. The predicted molar refractivity (Wildman–Crippen MR) is 81.2 cm³/mol. The molecule has 0 bridgehead atoms. The Bertz CT molecular complexity index is 512. The zero-order valence-corrected chi connectivity index (χ0v) is 13.1. The molecule has 21 heavy (non-hydrogen) atoms. The van der Waals surface area contributed by atoms with E-state index < -0.39 is 11.4 Å². The lowest BCUT2D eigenvalue weighted by Crippen LogP contribution is -2.51. The van der Waals surface area contributed by atoms with Crippen LogP contribution < -0.4 is 4.74 Å².